The zero-order chi connectivity index (χ0) is 9.61. The quantitative estimate of drug-likeness (QED) is 0.210. The maximum Gasteiger partial charge on any atom is 1.00 e. The second-order valence-corrected chi connectivity index (χ2v) is 3.37. The average molecular weight is 220 g/mol. The van der Waals surface area contributed by atoms with Gasteiger partial charge in [0.05, 0.1) is 19.3 Å². The van der Waals surface area contributed by atoms with E-state index in [1.54, 1.807) is 0 Å². The van der Waals surface area contributed by atoms with Crippen LogP contribution >= 0.6 is 0 Å². The Kier molecular flexibility index (Phi) is 10.2. The van der Waals surface area contributed by atoms with E-state index in [4.69, 9.17) is 4.74 Å². The van der Waals surface area contributed by atoms with Crippen molar-refractivity contribution in [3.05, 3.63) is 0 Å². The first-order chi connectivity index (χ1) is 5.45. The fraction of sp³-hybridized carbons (Fsp3) is 1.00. The van der Waals surface area contributed by atoms with E-state index in [0.29, 0.717) is 0 Å². The Labute approximate surface area is 101 Å². The number of hydrogen-bond acceptors (Lipinski definition) is 5. The Balaban J connectivity index is 0. The molecule has 0 aliphatic rings. The minimum absolute atomic E-state index is 0. The molecule has 1 atom stereocenters. The van der Waals surface area contributed by atoms with Crippen molar-refractivity contribution in [2.75, 3.05) is 13.2 Å². The van der Waals surface area contributed by atoms with Crippen LogP contribution in [0.5, 0.6) is 0 Å². The molecule has 0 aliphatic heterocycles. The smallest absolute Gasteiger partial charge is 0.726 e. The summed E-state index contributed by atoms with van der Waals surface area (Å²) < 4.78 is 38.7. The molecule has 0 spiro atoms. The molecule has 74 valence electrons. The molecule has 0 aromatic rings. The topological polar surface area (TPSA) is 75.7 Å². The van der Waals surface area contributed by atoms with Crippen LogP contribution in [0.4, 0.5) is 0 Å². The van der Waals surface area contributed by atoms with E-state index in [-0.39, 0.29) is 48.9 Å². The summed E-state index contributed by atoms with van der Waals surface area (Å²) in [4.78, 5) is 0. The van der Waals surface area contributed by atoms with Crippen molar-refractivity contribution in [2.24, 2.45) is 0 Å². The van der Waals surface area contributed by atoms with Crippen molar-refractivity contribution >= 4 is 10.4 Å². The monoisotopic (exact) mass is 220 g/mol. The van der Waals surface area contributed by atoms with Gasteiger partial charge < -0.3 is 9.29 Å². The van der Waals surface area contributed by atoms with Crippen LogP contribution in [0.2, 0.25) is 0 Å². The molecule has 0 aromatic heterocycles. The van der Waals surface area contributed by atoms with Crippen LogP contribution in [-0.2, 0) is 19.3 Å². The van der Waals surface area contributed by atoms with Gasteiger partial charge in [-0.05, 0) is 13.3 Å². The summed E-state index contributed by atoms with van der Waals surface area (Å²) in [5.41, 5.74) is 0. The van der Waals surface area contributed by atoms with Crippen molar-refractivity contribution in [3.8, 4) is 0 Å². The van der Waals surface area contributed by atoms with Crippen LogP contribution in [0.3, 0.4) is 0 Å². The molecule has 0 saturated heterocycles. The normalized spacial score (nSPS) is 13.5. The van der Waals surface area contributed by atoms with E-state index in [0.717, 1.165) is 6.42 Å². The summed E-state index contributed by atoms with van der Waals surface area (Å²) in [6.45, 7) is 3.70. The fourth-order valence-electron chi connectivity index (χ4n) is 0.503. The van der Waals surface area contributed by atoms with Gasteiger partial charge in [-0.3, -0.25) is 4.18 Å². The molecule has 13 heavy (non-hydrogen) atoms. The summed E-state index contributed by atoms with van der Waals surface area (Å²) >= 11 is 0. The molecule has 0 amide bonds. The third-order valence-electron chi connectivity index (χ3n) is 1.29. The Morgan fingerprint density at radius 2 is 1.92 bits per heavy atom. The van der Waals surface area contributed by atoms with Crippen LogP contribution < -0.4 is 29.6 Å². The third kappa shape index (κ3) is 12.8. The summed E-state index contributed by atoms with van der Waals surface area (Å²) in [5.74, 6) is 0. The second-order valence-electron chi connectivity index (χ2n) is 2.32. The van der Waals surface area contributed by atoms with Crippen molar-refractivity contribution in [1.29, 1.82) is 0 Å². The maximum absolute atomic E-state index is 9.91. The van der Waals surface area contributed by atoms with Crippen LogP contribution in [-0.4, -0.2) is 32.3 Å². The molecule has 5 nitrogen and oxygen atoms in total. The van der Waals surface area contributed by atoms with Gasteiger partial charge in [0.15, 0.2) is 0 Å². The van der Waals surface area contributed by atoms with Crippen LogP contribution in [0.1, 0.15) is 20.3 Å². The minimum atomic E-state index is -4.56. The zero-order valence-electron chi connectivity index (χ0n) is 8.15. The Hall–Kier alpha value is 0.830. The Morgan fingerprint density at radius 1 is 1.38 bits per heavy atom. The van der Waals surface area contributed by atoms with Crippen molar-refractivity contribution in [1.82, 2.24) is 0 Å². The van der Waals surface area contributed by atoms with Crippen molar-refractivity contribution in [3.63, 3.8) is 0 Å². The molecule has 0 aliphatic carbocycles. The molecule has 0 fully saturated rings. The molecular weight excluding hydrogens is 207 g/mol. The van der Waals surface area contributed by atoms with E-state index in [2.05, 4.69) is 4.18 Å². The van der Waals surface area contributed by atoms with E-state index < -0.39 is 10.4 Å². The first-order valence-corrected chi connectivity index (χ1v) is 5.01. The van der Waals surface area contributed by atoms with E-state index >= 15 is 0 Å². The van der Waals surface area contributed by atoms with Crippen LogP contribution in [0.15, 0.2) is 0 Å². The Morgan fingerprint density at radius 3 is 2.31 bits per heavy atom. The van der Waals surface area contributed by atoms with E-state index in [1.165, 1.54) is 0 Å². The summed E-state index contributed by atoms with van der Waals surface area (Å²) in [5, 5.41) is 0. The van der Waals surface area contributed by atoms with Crippen LogP contribution in [0, 0.1) is 0 Å². The molecule has 7 heteroatoms. The van der Waals surface area contributed by atoms with Gasteiger partial charge >= 0.3 is 29.6 Å². The van der Waals surface area contributed by atoms with Gasteiger partial charge in [-0.25, -0.2) is 8.42 Å². The molecule has 0 saturated carbocycles. The van der Waals surface area contributed by atoms with Gasteiger partial charge in [-0.1, -0.05) is 6.92 Å². The molecule has 0 bridgehead atoms. The average Bonchev–Trinajstić information content (AvgIpc) is 1.96. The summed E-state index contributed by atoms with van der Waals surface area (Å²) in [6.07, 6.45) is 0.896. The first kappa shape index (κ1) is 16.3. The number of rotatable bonds is 6. The zero-order valence-corrected chi connectivity index (χ0v) is 11.0. The van der Waals surface area contributed by atoms with E-state index in [9.17, 15) is 13.0 Å². The summed E-state index contributed by atoms with van der Waals surface area (Å²) in [7, 11) is -4.56. The SMILES string of the molecule is CCC(C)OCCOS(=O)(=O)[O-].[Na+]. The maximum atomic E-state index is 9.91. The molecule has 0 N–H and O–H groups in total. The van der Waals surface area contributed by atoms with Crippen molar-refractivity contribution < 1.29 is 51.4 Å². The molecule has 0 heterocycles. The Bertz CT molecular complexity index is 203. The molecular formula is C6H13NaO5S. The van der Waals surface area contributed by atoms with Gasteiger partial charge in [0.2, 0.25) is 10.4 Å². The molecule has 0 rings (SSSR count). The fourth-order valence-corrected chi connectivity index (χ4v) is 0.775. The van der Waals surface area contributed by atoms with Crippen molar-refractivity contribution in [2.45, 2.75) is 26.4 Å². The predicted molar refractivity (Wildman–Crippen MR) is 41.4 cm³/mol. The molecule has 1 unspecified atom stereocenters. The van der Waals surface area contributed by atoms with Crippen LogP contribution in [0.25, 0.3) is 0 Å². The standard InChI is InChI=1S/C6H14O5S.Na/c1-3-6(2)10-4-5-11-12(7,8)9;/h6H,3-5H2,1-2H3,(H,7,8,9);/q;+1/p-1. The number of ether oxygens (including phenoxy) is 1. The third-order valence-corrected chi connectivity index (χ3v) is 1.74. The predicted octanol–water partition coefficient (Wildman–Crippen LogP) is -2.72. The van der Waals surface area contributed by atoms with Gasteiger partial charge in [-0.15, -0.1) is 0 Å². The minimum Gasteiger partial charge on any atom is -0.726 e. The van der Waals surface area contributed by atoms with Gasteiger partial charge in [-0.2, -0.15) is 0 Å². The van der Waals surface area contributed by atoms with Gasteiger partial charge in [0.25, 0.3) is 0 Å². The molecule has 0 radical (unpaired) electrons. The van der Waals surface area contributed by atoms with Gasteiger partial charge in [0.1, 0.15) is 0 Å². The van der Waals surface area contributed by atoms with Gasteiger partial charge in [0, 0.05) is 0 Å². The summed E-state index contributed by atoms with van der Waals surface area (Å²) in [6, 6.07) is 0. The largest absolute Gasteiger partial charge is 1.00 e. The molecule has 0 aromatic carbocycles. The van der Waals surface area contributed by atoms with E-state index in [1.807, 2.05) is 13.8 Å². The first-order valence-electron chi connectivity index (χ1n) is 3.67. The number of hydrogen-bond donors (Lipinski definition) is 0. The second kappa shape index (κ2) is 8.16.